The van der Waals surface area contributed by atoms with E-state index in [-0.39, 0.29) is 15.8 Å². The van der Waals surface area contributed by atoms with E-state index in [2.05, 4.69) is 5.32 Å². The van der Waals surface area contributed by atoms with Crippen LogP contribution in [0.2, 0.25) is 5.02 Å². The average Bonchev–Trinajstić information content (AvgIpc) is 2.83. The Morgan fingerprint density at radius 3 is 2.34 bits per heavy atom. The monoisotopic (exact) mass is 472 g/mol. The highest BCUT2D eigenvalue weighted by molar-refractivity contribution is 6.31. The van der Waals surface area contributed by atoms with Crippen molar-refractivity contribution >= 4 is 34.6 Å². The van der Waals surface area contributed by atoms with E-state index >= 15 is 0 Å². The number of rotatable bonds is 5. The minimum atomic E-state index is -0.847. The Morgan fingerprint density at radius 2 is 1.78 bits per heavy atom. The standard InChI is InChI=1S/C19H20ClF2N3O3.2C2H6/c1-28-25(27)14-3-5-18(24-8-6-12(21)7-9-24)15(11-14)19(26)23-13-2-4-17(22)16(20)10-13;2*1-2/h2-5,10-12,27H,6-9H2,1H3,(H,23,26);2*1-2H3/p+1. The van der Waals surface area contributed by atoms with E-state index in [0.29, 0.717) is 43.0 Å². The molecule has 3 rings (SSSR count). The Morgan fingerprint density at radius 1 is 1.16 bits per heavy atom. The van der Waals surface area contributed by atoms with Crippen molar-refractivity contribution in [2.45, 2.75) is 46.7 Å². The second-order valence-corrected chi connectivity index (χ2v) is 6.89. The summed E-state index contributed by atoms with van der Waals surface area (Å²) in [6.07, 6.45) is -0.0856. The van der Waals surface area contributed by atoms with Crippen LogP contribution in [-0.4, -0.2) is 37.5 Å². The fraction of sp³-hybridized carbons (Fsp3) is 0.435. The van der Waals surface area contributed by atoms with Crippen LogP contribution in [0.4, 0.5) is 25.8 Å². The molecular weight excluding hydrogens is 440 g/mol. The largest absolute Gasteiger partial charge is 0.371 e. The Kier molecular flexibility index (Phi) is 12.2. The van der Waals surface area contributed by atoms with Crippen LogP contribution in [0.5, 0.6) is 0 Å². The molecule has 2 aromatic carbocycles. The van der Waals surface area contributed by atoms with Crippen LogP contribution in [0.15, 0.2) is 36.4 Å². The summed E-state index contributed by atoms with van der Waals surface area (Å²) in [5.41, 5.74) is 1.55. The number of piperidine rings is 1. The van der Waals surface area contributed by atoms with E-state index in [1.807, 2.05) is 32.6 Å². The van der Waals surface area contributed by atoms with Crippen LogP contribution >= 0.6 is 11.6 Å². The number of benzene rings is 2. The highest BCUT2D eigenvalue weighted by Crippen LogP contribution is 2.28. The smallest absolute Gasteiger partial charge is 0.258 e. The molecule has 9 heteroatoms. The molecule has 1 saturated heterocycles. The average molecular weight is 473 g/mol. The van der Waals surface area contributed by atoms with Crippen molar-refractivity contribution in [2.75, 3.05) is 30.4 Å². The van der Waals surface area contributed by atoms with Crippen LogP contribution in [0, 0.1) is 5.82 Å². The molecule has 0 aliphatic carbocycles. The lowest BCUT2D eigenvalue weighted by molar-refractivity contribution is -1.19. The van der Waals surface area contributed by atoms with Gasteiger partial charge in [-0.3, -0.25) is 4.79 Å². The van der Waals surface area contributed by atoms with Crippen molar-refractivity contribution in [3.8, 4) is 0 Å². The Hall–Kier alpha value is -2.26. The zero-order chi connectivity index (χ0) is 24.3. The van der Waals surface area contributed by atoms with Gasteiger partial charge in [0.05, 0.1) is 10.6 Å². The summed E-state index contributed by atoms with van der Waals surface area (Å²) in [6, 6.07) is 8.68. The number of nitrogens with one attached hydrogen (secondary N) is 2. The second kappa shape index (κ2) is 14.0. The van der Waals surface area contributed by atoms with Crippen LogP contribution in [0.1, 0.15) is 50.9 Å². The predicted molar refractivity (Wildman–Crippen MR) is 124 cm³/mol. The number of carbonyl (C=O) groups is 1. The van der Waals surface area contributed by atoms with Gasteiger partial charge in [-0.15, -0.1) is 0 Å². The molecule has 1 unspecified atom stereocenters. The number of carbonyl (C=O) groups excluding carboxylic acids is 1. The van der Waals surface area contributed by atoms with Crippen molar-refractivity contribution in [2.24, 2.45) is 0 Å². The van der Waals surface area contributed by atoms with Crippen molar-refractivity contribution in [3.63, 3.8) is 0 Å². The lowest BCUT2D eigenvalue weighted by Gasteiger charge is -2.32. The van der Waals surface area contributed by atoms with Crippen molar-refractivity contribution < 1.29 is 28.8 Å². The van der Waals surface area contributed by atoms with Crippen molar-refractivity contribution in [1.82, 2.24) is 0 Å². The van der Waals surface area contributed by atoms with Gasteiger partial charge in [0.2, 0.25) is 0 Å². The van der Waals surface area contributed by atoms with Crippen LogP contribution in [0.3, 0.4) is 0 Å². The molecule has 0 aromatic heterocycles. The number of amides is 1. The maximum absolute atomic E-state index is 13.5. The first-order valence-electron chi connectivity index (χ1n) is 10.8. The number of nitrogens with zero attached hydrogens (tertiary/aromatic N) is 1. The first kappa shape index (κ1) is 27.8. The quantitative estimate of drug-likeness (QED) is 0.524. The van der Waals surface area contributed by atoms with Crippen LogP contribution in [-0.2, 0) is 4.84 Å². The summed E-state index contributed by atoms with van der Waals surface area (Å²) in [5.74, 6) is -1.05. The molecular formula is C23H33ClF2N3O3+. The van der Waals surface area contributed by atoms with E-state index < -0.39 is 17.9 Å². The molecule has 0 radical (unpaired) electrons. The first-order valence-corrected chi connectivity index (χ1v) is 11.2. The summed E-state index contributed by atoms with van der Waals surface area (Å²) < 4.78 is 26.9. The summed E-state index contributed by atoms with van der Waals surface area (Å²) in [4.78, 5) is 19.7. The number of hydrogen-bond donors (Lipinski definition) is 3. The molecule has 1 heterocycles. The van der Waals surface area contributed by atoms with Gasteiger partial charge in [-0.2, -0.15) is 10.0 Å². The summed E-state index contributed by atoms with van der Waals surface area (Å²) in [7, 11) is 1.32. The molecule has 1 aliphatic heterocycles. The molecule has 0 saturated carbocycles. The van der Waals surface area contributed by atoms with Crippen molar-refractivity contribution in [3.05, 3.63) is 52.8 Å². The normalized spacial score (nSPS) is 14.5. The second-order valence-electron chi connectivity index (χ2n) is 6.49. The van der Waals surface area contributed by atoms with Crippen LogP contribution in [0.25, 0.3) is 0 Å². The van der Waals surface area contributed by atoms with Gasteiger partial charge in [0.1, 0.15) is 19.1 Å². The van der Waals surface area contributed by atoms with E-state index in [1.165, 1.54) is 25.3 Å². The minimum absolute atomic E-state index is 0.109. The van der Waals surface area contributed by atoms with Gasteiger partial charge in [0.25, 0.3) is 5.91 Å². The number of alkyl halides is 1. The molecule has 32 heavy (non-hydrogen) atoms. The van der Waals surface area contributed by atoms with E-state index in [4.69, 9.17) is 16.4 Å². The molecule has 6 nitrogen and oxygen atoms in total. The zero-order valence-electron chi connectivity index (χ0n) is 19.2. The third-order valence-electron chi connectivity index (χ3n) is 4.62. The molecule has 3 N–H and O–H groups in total. The molecule has 178 valence electrons. The zero-order valence-corrected chi connectivity index (χ0v) is 20.0. The van der Waals surface area contributed by atoms with E-state index in [9.17, 15) is 18.8 Å². The van der Waals surface area contributed by atoms with Gasteiger partial charge < -0.3 is 10.2 Å². The molecule has 1 fully saturated rings. The highest BCUT2D eigenvalue weighted by Gasteiger charge is 2.25. The Balaban J connectivity index is 0.00000121. The molecule has 1 atom stereocenters. The van der Waals surface area contributed by atoms with Gasteiger partial charge in [-0.05, 0) is 42.3 Å². The third kappa shape index (κ3) is 7.41. The number of anilines is 2. The maximum atomic E-state index is 13.5. The lowest BCUT2D eigenvalue weighted by atomic mass is 10.0. The maximum Gasteiger partial charge on any atom is 0.258 e. The molecule has 0 bridgehead atoms. The third-order valence-corrected chi connectivity index (χ3v) is 4.91. The number of halogens is 3. The Bertz CT molecular complexity index is 862. The van der Waals surface area contributed by atoms with Crippen molar-refractivity contribution in [1.29, 1.82) is 0 Å². The number of hydrogen-bond acceptors (Lipinski definition) is 4. The summed E-state index contributed by atoms with van der Waals surface area (Å²) in [6.45, 7) is 8.95. The van der Waals surface area contributed by atoms with Crippen LogP contribution < -0.4 is 15.4 Å². The van der Waals surface area contributed by atoms with Gasteiger partial charge in [-0.1, -0.05) is 39.3 Å². The minimum Gasteiger partial charge on any atom is -0.371 e. The SMILES string of the molecule is CC.CC.CO[NH+](O)c1ccc(N2CCC(F)CC2)c(C(=O)Nc2ccc(F)c(Cl)c2)c1. The van der Waals surface area contributed by atoms with Gasteiger partial charge >= 0.3 is 0 Å². The van der Waals surface area contributed by atoms with Gasteiger partial charge in [0.15, 0.2) is 5.69 Å². The van der Waals surface area contributed by atoms with E-state index in [1.54, 1.807) is 12.1 Å². The van der Waals surface area contributed by atoms with Gasteiger partial charge in [0, 0.05) is 36.6 Å². The molecule has 1 aliphatic rings. The van der Waals surface area contributed by atoms with Gasteiger partial charge in [-0.25, -0.2) is 8.78 Å². The summed E-state index contributed by atoms with van der Waals surface area (Å²) in [5, 5.41) is 12.1. The Labute approximate surface area is 193 Å². The predicted octanol–water partition coefficient (Wildman–Crippen LogP) is 5.19. The molecule has 0 spiro atoms. The lowest BCUT2D eigenvalue weighted by Crippen LogP contribution is -3.03. The topological polar surface area (TPSA) is 66.2 Å². The molecule has 2 aromatic rings. The fourth-order valence-electron chi connectivity index (χ4n) is 3.11. The highest BCUT2D eigenvalue weighted by atomic mass is 35.5. The summed E-state index contributed by atoms with van der Waals surface area (Å²) >= 11 is 5.77. The number of quaternary nitrogens is 1. The van der Waals surface area contributed by atoms with E-state index in [0.717, 1.165) is 6.07 Å². The first-order chi connectivity index (χ1) is 15.4. The fourth-order valence-corrected chi connectivity index (χ4v) is 3.29. The molecule has 1 amide bonds.